The zero-order valence-electron chi connectivity index (χ0n) is 11.1. The first kappa shape index (κ1) is 13.1. The highest BCUT2D eigenvalue weighted by Crippen LogP contribution is 2.17. The highest BCUT2D eigenvalue weighted by molar-refractivity contribution is 5.99. The number of nitrogens with one attached hydrogen (secondary N) is 1. The van der Waals surface area contributed by atoms with E-state index in [2.05, 4.69) is 15.5 Å². The van der Waals surface area contributed by atoms with Gasteiger partial charge in [0.15, 0.2) is 5.82 Å². The monoisotopic (exact) mass is 287 g/mol. The Bertz CT molecular complexity index is 697. The molecule has 1 aliphatic rings. The molecule has 8 nitrogen and oxygen atoms in total. The maximum atomic E-state index is 12.2. The molecule has 0 atom stereocenters. The van der Waals surface area contributed by atoms with Gasteiger partial charge in [0.25, 0.3) is 0 Å². The first-order chi connectivity index (χ1) is 10.1. The Labute approximate surface area is 120 Å². The summed E-state index contributed by atoms with van der Waals surface area (Å²) in [6, 6.07) is 5.95. The number of anilines is 1. The molecular formula is C13H13N5O3. The van der Waals surface area contributed by atoms with Gasteiger partial charge in [-0.05, 0) is 12.1 Å². The van der Waals surface area contributed by atoms with Crippen molar-refractivity contribution < 1.29 is 14.7 Å². The number of carbonyl (C=O) groups is 2. The van der Waals surface area contributed by atoms with Crippen molar-refractivity contribution in [2.24, 2.45) is 0 Å². The Balaban J connectivity index is 1.75. The lowest BCUT2D eigenvalue weighted by molar-refractivity contribution is 0.0698. The molecule has 21 heavy (non-hydrogen) atoms. The Kier molecular flexibility index (Phi) is 3.27. The van der Waals surface area contributed by atoms with Crippen molar-refractivity contribution in [1.82, 2.24) is 19.7 Å². The average Bonchev–Trinajstić information content (AvgIpc) is 2.94. The fourth-order valence-corrected chi connectivity index (χ4v) is 2.21. The van der Waals surface area contributed by atoms with E-state index < -0.39 is 5.97 Å². The zero-order chi connectivity index (χ0) is 14.8. The quantitative estimate of drug-likeness (QED) is 0.859. The lowest BCUT2D eigenvalue weighted by Gasteiger charge is -2.27. The van der Waals surface area contributed by atoms with E-state index in [-0.39, 0.29) is 17.3 Å². The zero-order valence-corrected chi connectivity index (χ0v) is 11.1. The van der Waals surface area contributed by atoms with E-state index in [0.29, 0.717) is 25.5 Å². The van der Waals surface area contributed by atoms with Gasteiger partial charge < -0.3 is 19.9 Å². The number of hydrogen-bond acceptors (Lipinski definition) is 4. The summed E-state index contributed by atoms with van der Waals surface area (Å²) in [4.78, 5) is 24.9. The van der Waals surface area contributed by atoms with Gasteiger partial charge in [-0.3, -0.25) is 0 Å². The van der Waals surface area contributed by atoms with Crippen LogP contribution in [0, 0.1) is 0 Å². The van der Waals surface area contributed by atoms with Crippen LogP contribution in [0.5, 0.6) is 0 Å². The fraction of sp³-hybridized carbons (Fsp3) is 0.231. The third-order valence-electron chi connectivity index (χ3n) is 3.33. The maximum Gasteiger partial charge on any atom is 0.337 e. The van der Waals surface area contributed by atoms with Crippen molar-refractivity contribution in [3.63, 3.8) is 0 Å². The minimum atomic E-state index is -1.08. The smallest absolute Gasteiger partial charge is 0.337 e. The van der Waals surface area contributed by atoms with E-state index >= 15 is 0 Å². The van der Waals surface area contributed by atoms with Crippen LogP contribution in [0.2, 0.25) is 0 Å². The van der Waals surface area contributed by atoms with Crippen LogP contribution < -0.4 is 5.32 Å². The fourth-order valence-electron chi connectivity index (χ4n) is 2.21. The predicted molar refractivity (Wildman–Crippen MR) is 72.9 cm³/mol. The molecule has 2 heterocycles. The van der Waals surface area contributed by atoms with Crippen LogP contribution in [0.1, 0.15) is 16.2 Å². The first-order valence-electron chi connectivity index (χ1n) is 6.40. The van der Waals surface area contributed by atoms with Crippen molar-refractivity contribution in [3.05, 3.63) is 42.0 Å². The molecule has 0 radical (unpaired) electrons. The molecule has 108 valence electrons. The number of aromatic carboxylic acids is 1. The number of carboxylic acids is 1. The Morgan fingerprint density at radius 2 is 2.05 bits per heavy atom. The topological polar surface area (TPSA) is 100 Å². The predicted octanol–water partition coefficient (Wildman–Crippen LogP) is 1.02. The average molecular weight is 287 g/mol. The SMILES string of the molecule is O=C(O)c1ccccc1NC(=O)N1CCn2cnnc2C1. The van der Waals surface area contributed by atoms with E-state index in [9.17, 15) is 9.59 Å². The number of nitrogens with zero attached hydrogens (tertiary/aromatic N) is 4. The van der Waals surface area contributed by atoms with Crippen LogP contribution in [0.25, 0.3) is 0 Å². The van der Waals surface area contributed by atoms with Crippen LogP contribution >= 0.6 is 0 Å². The number of urea groups is 1. The number of amides is 2. The number of carbonyl (C=O) groups excluding carboxylic acids is 1. The maximum absolute atomic E-state index is 12.2. The minimum Gasteiger partial charge on any atom is -0.478 e. The lowest BCUT2D eigenvalue weighted by Crippen LogP contribution is -2.41. The second-order valence-corrected chi connectivity index (χ2v) is 4.64. The first-order valence-corrected chi connectivity index (χ1v) is 6.40. The van der Waals surface area contributed by atoms with Crippen molar-refractivity contribution in [2.75, 3.05) is 11.9 Å². The largest absolute Gasteiger partial charge is 0.478 e. The van der Waals surface area contributed by atoms with Gasteiger partial charge in [-0.1, -0.05) is 12.1 Å². The number of aromatic nitrogens is 3. The van der Waals surface area contributed by atoms with Crippen LogP contribution in [-0.4, -0.2) is 43.3 Å². The molecule has 0 bridgehead atoms. The van der Waals surface area contributed by atoms with Crippen LogP contribution in [-0.2, 0) is 13.1 Å². The number of carboxylic acid groups (broad SMARTS) is 1. The van der Waals surface area contributed by atoms with Gasteiger partial charge in [-0.15, -0.1) is 10.2 Å². The molecule has 0 aliphatic carbocycles. The molecule has 2 N–H and O–H groups in total. The molecule has 0 saturated carbocycles. The van der Waals surface area contributed by atoms with Crippen molar-refractivity contribution in [1.29, 1.82) is 0 Å². The standard InChI is InChI=1S/C13H13N5O3/c19-12(20)9-3-1-2-4-10(9)15-13(21)17-5-6-18-8-14-16-11(18)7-17/h1-4,8H,5-7H2,(H,15,21)(H,19,20). The van der Waals surface area contributed by atoms with E-state index in [1.165, 1.54) is 6.07 Å². The summed E-state index contributed by atoms with van der Waals surface area (Å²) >= 11 is 0. The van der Waals surface area contributed by atoms with Gasteiger partial charge in [-0.2, -0.15) is 0 Å². The molecule has 1 aromatic heterocycles. The molecule has 3 rings (SSSR count). The number of para-hydroxylation sites is 1. The summed E-state index contributed by atoms with van der Waals surface area (Å²) < 4.78 is 1.88. The molecule has 1 aromatic carbocycles. The Morgan fingerprint density at radius 1 is 1.24 bits per heavy atom. The second kappa shape index (κ2) is 5.23. The van der Waals surface area contributed by atoms with Crippen LogP contribution in [0.3, 0.4) is 0 Å². The van der Waals surface area contributed by atoms with Crippen LogP contribution in [0.15, 0.2) is 30.6 Å². The van der Waals surface area contributed by atoms with Gasteiger partial charge in [0.2, 0.25) is 0 Å². The summed E-state index contributed by atoms with van der Waals surface area (Å²) in [7, 11) is 0. The molecule has 2 amide bonds. The van der Waals surface area contributed by atoms with E-state index in [1.807, 2.05) is 4.57 Å². The van der Waals surface area contributed by atoms with Crippen molar-refractivity contribution in [3.8, 4) is 0 Å². The minimum absolute atomic E-state index is 0.0611. The van der Waals surface area contributed by atoms with Gasteiger partial charge >= 0.3 is 12.0 Å². The lowest BCUT2D eigenvalue weighted by atomic mass is 10.2. The molecule has 8 heteroatoms. The highest BCUT2D eigenvalue weighted by Gasteiger charge is 2.22. The summed E-state index contributed by atoms with van der Waals surface area (Å²) in [6.45, 7) is 1.49. The summed E-state index contributed by atoms with van der Waals surface area (Å²) in [5, 5.41) is 19.5. The molecule has 0 unspecified atom stereocenters. The summed E-state index contributed by atoms with van der Waals surface area (Å²) in [5.41, 5.74) is 0.341. The third kappa shape index (κ3) is 2.55. The third-order valence-corrected chi connectivity index (χ3v) is 3.33. The Hall–Kier alpha value is -2.90. The van der Waals surface area contributed by atoms with Gasteiger partial charge in [-0.25, -0.2) is 9.59 Å². The second-order valence-electron chi connectivity index (χ2n) is 4.64. The number of rotatable bonds is 2. The summed E-state index contributed by atoms with van der Waals surface area (Å²) in [6.07, 6.45) is 1.63. The van der Waals surface area contributed by atoms with Crippen LogP contribution in [0.4, 0.5) is 10.5 Å². The number of benzene rings is 1. The van der Waals surface area contributed by atoms with E-state index in [1.54, 1.807) is 29.4 Å². The molecular weight excluding hydrogens is 274 g/mol. The highest BCUT2D eigenvalue weighted by atomic mass is 16.4. The number of fused-ring (bicyclic) bond motifs is 1. The van der Waals surface area contributed by atoms with E-state index in [0.717, 1.165) is 0 Å². The van der Waals surface area contributed by atoms with Crippen molar-refractivity contribution in [2.45, 2.75) is 13.1 Å². The number of hydrogen-bond donors (Lipinski definition) is 2. The van der Waals surface area contributed by atoms with Crippen molar-refractivity contribution >= 4 is 17.7 Å². The molecule has 0 spiro atoms. The normalized spacial score (nSPS) is 13.6. The summed E-state index contributed by atoms with van der Waals surface area (Å²) in [5.74, 6) is -0.368. The molecule has 0 fully saturated rings. The van der Waals surface area contributed by atoms with E-state index in [4.69, 9.17) is 5.11 Å². The van der Waals surface area contributed by atoms with Gasteiger partial charge in [0, 0.05) is 13.1 Å². The molecule has 1 aliphatic heterocycles. The van der Waals surface area contributed by atoms with Gasteiger partial charge in [0.05, 0.1) is 17.8 Å². The molecule has 2 aromatic rings. The van der Waals surface area contributed by atoms with Gasteiger partial charge in [0.1, 0.15) is 6.33 Å². The molecule has 0 saturated heterocycles. The Morgan fingerprint density at radius 3 is 2.86 bits per heavy atom.